The summed E-state index contributed by atoms with van der Waals surface area (Å²) in [5.41, 5.74) is 9.28. The number of nitrogens with two attached hydrogens (primary N) is 1. The van der Waals surface area contributed by atoms with E-state index in [1.54, 1.807) is 12.1 Å². The van der Waals surface area contributed by atoms with E-state index in [0.29, 0.717) is 24.2 Å². The molecule has 194 valence electrons. The van der Waals surface area contributed by atoms with Crippen LogP contribution in [0.15, 0.2) is 40.5 Å². The molecular weight excluding hydrogens is 464 g/mol. The fourth-order valence-corrected chi connectivity index (χ4v) is 3.98. The molecule has 2 aliphatic heterocycles. The summed E-state index contributed by atoms with van der Waals surface area (Å²) in [6, 6.07) is 7.86. The number of amides is 2. The monoisotopic (exact) mass is 504 g/mol. The summed E-state index contributed by atoms with van der Waals surface area (Å²) in [6.45, 7) is 8.13. The molecule has 3 rings (SSSR count). The van der Waals surface area contributed by atoms with Crippen LogP contribution in [0, 0.1) is 0 Å². The van der Waals surface area contributed by atoms with Crippen LogP contribution in [0.25, 0.3) is 0 Å². The number of allylic oxidation sites excluding steroid dienone is 1. The van der Waals surface area contributed by atoms with Crippen molar-refractivity contribution >= 4 is 29.1 Å². The summed E-state index contributed by atoms with van der Waals surface area (Å²) in [5.74, 6) is -0.0334. The minimum Gasteiger partial charge on any atom is -0.394 e. The third-order valence-corrected chi connectivity index (χ3v) is 6.51. The molecule has 2 amide bonds. The van der Waals surface area contributed by atoms with Crippen molar-refractivity contribution in [1.29, 1.82) is 0 Å². The van der Waals surface area contributed by atoms with Crippen LogP contribution in [0.2, 0.25) is 5.02 Å². The molecule has 0 saturated carbocycles. The maximum absolute atomic E-state index is 12.6. The zero-order valence-electron chi connectivity index (χ0n) is 21.4. The van der Waals surface area contributed by atoms with Gasteiger partial charge in [-0.2, -0.15) is 0 Å². The first-order valence-electron chi connectivity index (χ1n) is 12.8. The zero-order chi connectivity index (χ0) is 25.6. The number of nitrogens with zero attached hydrogens (tertiary/aromatic N) is 1. The minimum atomic E-state index is -0.253. The molecule has 2 aliphatic rings. The van der Waals surface area contributed by atoms with Crippen LogP contribution >= 0.6 is 11.6 Å². The van der Waals surface area contributed by atoms with Crippen molar-refractivity contribution in [3.8, 4) is 0 Å². The molecular formula is C27H41ClN4O3. The zero-order valence-corrected chi connectivity index (χ0v) is 22.1. The highest BCUT2D eigenvalue weighted by Gasteiger charge is 2.20. The second-order valence-electron chi connectivity index (χ2n) is 8.94. The fraction of sp³-hybridized carbons (Fsp3) is 0.593. The third kappa shape index (κ3) is 10.0. The van der Waals surface area contributed by atoms with Gasteiger partial charge in [0, 0.05) is 41.9 Å². The molecule has 2 atom stereocenters. The molecule has 2 fully saturated rings. The lowest BCUT2D eigenvalue weighted by molar-refractivity contribution is -0.119. The van der Waals surface area contributed by atoms with E-state index < -0.39 is 0 Å². The highest BCUT2D eigenvalue weighted by Crippen LogP contribution is 2.18. The van der Waals surface area contributed by atoms with Crippen molar-refractivity contribution in [2.24, 2.45) is 10.7 Å². The summed E-state index contributed by atoms with van der Waals surface area (Å²) in [6.07, 6.45) is 7.61. The Morgan fingerprint density at radius 3 is 2.43 bits per heavy atom. The molecule has 35 heavy (non-hydrogen) atoms. The first kappa shape index (κ1) is 28.9. The highest BCUT2D eigenvalue weighted by molar-refractivity contribution is 6.30. The van der Waals surface area contributed by atoms with Gasteiger partial charge in [-0.1, -0.05) is 50.9 Å². The minimum absolute atomic E-state index is 0.207. The van der Waals surface area contributed by atoms with Crippen LogP contribution in [-0.4, -0.2) is 42.8 Å². The molecule has 8 heteroatoms. The van der Waals surface area contributed by atoms with Crippen LogP contribution in [0.5, 0.6) is 0 Å². The SMILES string of the molecule is CCC1CCC(=O)N1.CCCC/C(C(CC)=NCC1CCO1)=C(/N)C(=O)NCc1ccc(Cl)cc1. The lowest BCUT2D eigenvalue weighted by Gasteiger charge is -2.25. The maximum Gasteiger partial charge on any atom is 0.267 e. The summed E-state index contributed by atoms with van der Waals surface area (Å²) in [5, 5.41) is 6.43. The first-order valence-corrected chi connectivity index (χ1v) is 13.2. The van der Waals surface area contributed by atoms with Crippen LogP contribution < -0.4 is 16.4 Å². The van der Waals surface area contributed by atoms with E-state index in [1.807, 2.05) is 19.1 Å². The predicted octanol–water partition coefficient (Wildman–Crippen LogP) is 4.67. The summed E-state index contributed by atoms with van der Waals surface area (Å²) >= 11 is 5.90. The molecule has 4 N–H and O–H groups in total. The molecule has 0 bridgehead atoms. The Morgan fingerprint density at radius 1 is 1.23 bits per heavy atom. The number of hydrogen-bond donors (Lipinski definition) is 3. The molecule has 2 unspecified atom stereocenters. The smallest absolute Gasteiger partial charge is 0.267 e. The van der Waals surface area contributed by atoms with Gasteiger partial charge >= 0.3 is 0 Å². The van der Waals surface area contributed by atoms with Gasteiger partial charge < -0.3 is 21.1 Å². The summed E-state index contributed by atoms with van der Waals surface area (Å²) in [4.78, 5) is 27.8. The highest BCUT2D eigenvalue weighted by atomic mass is 35.5. The molecule has 0 spiro atoms. The van der Waals surface area contributed by atoms with Crippen molar-refractivity contribution in [3.05, 3.63) is 46.1 Å². The Morgan fingerprint density at radius 2 is 1.94 bits per heavy atom. The molecule has 2 saturated heterocycles. The van der Waals surface area contributed by atoms with Crippen molar-refractivity contribution in [2.75, 3.05) is 13.2 Å². The molecule has 1 aromatic rings. The largest absolute Gasteiger partial charge is 0.394 e. The Hall–Kier alpha value is -2.38. The maximum atomic E-state index is 12.6. The van der Waals surface area contributed by atoms with E-state index in [0.717, 1.165) is 74.8 Å². The normalized spacial score (nSPS) is 20.2. The number of unbranched alkanes of at least 4 members (excludes halogenated alkanes) is 1. The van der Waals surface area contributed by atoms with Gasteiger partial charge in [0.1, 0.15) is 5.70 Å². The van der Waals surface area contributed by atoms with E-state index in [9.17, 15) is 9.59 Å². The number of hydrogen-bond acceptors (Lipinski definition) is 5. The van der Waals surface area contributed by atoms with Crippen LogP contribution in [-0.2, 0) is 20.9 Å². The molecule has 7 nitrogen and oxygen atoms in total. The van der Waals surface area contributed by atoms with Gasteiger partial charge in [-0.15, -0.1) is 0 Å². The number of carbonyl (C=O) groups is 2. The van der Waals surface area contributed by atoms with Gasteiger partial charge in [0.25, 0.3) is 5.91 Å². The molecule has 0 radical (unpaired) electrons. The predicted molar refractivity (Wildman–Crippen MR) is 142 cm³/mol. The van der Waals surface area contributed by atoms with Gasteiger partial charge in [-0.25, -0.2) is 0 Å². The standard InChI is InChI=1S/C21H30ClN3O2.C6H11NO/c1-3-5-6-18(19(4-2)24-14-17-11-12-27-17)20(23)21(26)25-13-15-7-9-16(22)10-8-15;1-2-5-3-4-6(8)7-5/h7-10,17H,3-6,11-14,23H2,1-2H3,(H,25,26);5H,2-4H2,1H3,(H,7,8)/b20-18-,24-19?;. The fourth-order valence-electron chi connectivity index (χ4n) is 3.85. The number of halogens is 1. The average Bonchev–Trinajstić information content (AvgIpc) is 3.27. The molecule has 0 aromatic heterocycles. The topological polar surface area (TPSA) is 106 Å². The Bertz CT molecular complexity index is 879. The number of benzene rings is 1. The van der Waals surface area contributed by atoms with Crippen molar-refractivity contribution in [2.45, 2.75) is 90.8 Å². The van der Waals surface area contributed by atoms with Crippen LogP contribution in [0.4, 0.5) is 0 Å². The van der Waals surface area contributed by atoms with E-state index in [2.05, 4.69) is 24.5 Å². The number of ether oxygens (including phenoxy) is 1. The second-order valence-corrected chi connectivity index (χ2v) is 9.38. The molecule has 2 heterocycles. The van der Waals surface area contributed by atoms with Crippen LogP contribution in [0.3, 0.4) is 0 Å². The summed E-state index contributed by atoms with van der Waals surface area (Å²) in [7, 11) is 0. The molecule has 1 aromatic carbocycles. The Balaban J connectivity index is 0.000000456. The lowest BCUT2D eigenvalue weighted by Crippen LogP contribution is -2.32. The molecule has 0 aliphatic carbocycles. The van der Waals surface area contributed by atoms with Crippen molar-refractivity contribution in [3.63, 3.8) is 0 Å². The second kappa shape index (κ2) is 15.6. The number of nitrogens with one attached hydrogen (secondary N) is 2. The Labute approximate surface area is 214 Å². The summed E-state index contributed by atoms with van der Waals surface area (Å²) < 4.78 is 5.45. The Kier molecular flexibility index (Phi) is 12.8. The van der Waals surface area contributed by atoms with Gasteiger partial charge in [0.2, 0.25) is 5.91 Å². The third-order valence-electron chi connectivity index (χ3n) is 6.26. The van der Waals surface area contributed by atoms with E-state index >= 15 is 0 Å². The van der Waals surface area contributed by atoms with E-state index in [1.165, 1.54) is 0 Å². The van der Waals surface area contributed by atoms with E-state index in [4.69, 9.17) is 27.1 Å². The van der Waals surface area contributed by atoms with Crippen molar-refractivity contribution in [1.82, 2.24) is 10.6 Å². The lowest BCUT2D eigenvalue weighted by atomic mass is 9.99. The van der Waals surface area contributed by atoms with Gasteiger partial charge in [-0.05, 0) is 56.2 Å². The number of aliphatic imine (C=N–C) groups is 1. The van der Waals surface area contributed by atoms with E-state index in [-0.39, 0.29) is 23.6 Å². The number of carbonyl (C=O) groups excluding carboxylic acids is 2. The first-order chi connectivity index (χ1) is 16.9. The average molecular weight is 505 g/mol. The van der Waals surface area contributed by atoms with Gasteiger partial charge in [0.15, 0.2) is 0 Å². The van der Waals surface area contributed by atoms with Crippen LogP contribution in [0.1, 0.15) is 77.7 Å². The van der Waals surface area contributed by atoms with Crippen molar-refractivity contribution < 1.29 is 14.3 Å². The van der Waals surface area contributed by atoms with Gasteiger partial charge in [0.05, 0.1) is 12.6 Å². The quantitative estimate of drug-likeness (QED) is 0.300. The van der Waals surface area contributed by atoms with Gasteiger partial charge in [-0.3, -0.25) is 14.6 Å². The number of rotatable bonds is 11.